The topological polar surface area (TPSA) is 63.0 Å². The van der Waals surface area contributed by atoms with Gasteiger partial charge in [-0.05, 0) is 60.7 Å². The Labute approximate surface area is 162 Å². The molecule has 0 spiro atoms. The van der Waals surface area contributed by atoms with Crippen LogP contribution in [0.25, 0.3) is 16.6 Å². The van der Waals surface area contributed by atoms with Crippen molar-refractivity contribution in [2.24, 2.45) is 5.73 Å². The van der Waals surface area contributed by atoms with E-state index >= 15 is 0 Å². The molecule has 4 rings (SSSR count). The maximum absolute atomic E-state index is 13.0. The van der Waals surface area contributed by atoms with Gasteiger partial charge in [0.1, 0.15) is 5.82 Å². The zero-order valence-electron chi connectivity index (χ0n) is 15.1. The molecule has 1 heterocycles. The van der Waals surface area contributed by atoms with E-state index in [1.54, 1.807) is 18.3 Å². The predicted octanol–water partition coefficient (Wildman–Crippen LogP) is 5.49. The van der Waals surface area contributed by atoms with E-state index in [0.717, 1.165) is 28.0 Å². The summed E-state index contributed by atoms with van der Waals surface area (Å²) in [4.78, 5) is 4.67. The van der Waals surface area contributed by atoms with Gasteiger partial charge < -0.3 is 16.4 Å². The third kappa shape index (κ3) is 3.94. The number of aromatic nitrogens is 1. The lowest BCUT2D eigenvalue weighted by Crippen LogP contribution is -2.03. The lowest BCUT2D eigenvalue weighted by Gasteiger charge is -2.11. The number of nitrogens with zero attached hydrogens (tertiary/aromatic N) is 1. The van der Waals surface area contributed by atoms with Crippen LogP contribution in [-0.4, -0.2) is 4.98 Å². The molecule has 0 bridgehead atoms. The Morgan fingerprint density at radius 1 is 0.821 bits per heavy atom. The van der Waals surface area contributed by atoms with E-state index < -0.39 is 0 Å². The second-order valence-corrected chi connectivity index (χ2v) is 6.31. The molecule has 3 aromatic carbocycles. The molecule has 0 radical (unpaired) electrons. The van der Waals surface area contributed by atoms with E-state index in [4.69, 9.17) is 5.73 Å². The standard InChI is InChI=1S/C23H19FN4/c24-16-9-11-17(12-10-16)26-15-20(25)23-14-13-19-21(7-4-8-22(19)28-23)27-18-5-2-1-3-6-18/h1-15,26-27H,25H2/b20-15-. The van der Waals surface area contributed by atoms with Crippen LogP contribution in [0.4, 0.5) is 21.5 Å². The number of hydrogen-bond acceptors (Lipinski definition) is 4. The number of hydrogen-bond donors (Lipinski definition) is 3. The van der Waals surface area contributed by atoms with Crippen LogP contribution >= 0.6 is 0 Å². The molecule has 138 valence electrons. The maximum Gasteiger partial charge on any atom is 0.123 e. The minimum absolute atomic E-state index is 0.279. The summed E-state index contributed by atoms with van der Waals surface area (Å²) in [7, 11) is 0. The summed E-state index contributed by atoms with van der Waals surface area (Å²) in [6, 6.07) is 25.9. The summed E-state index contributed by atoms with van der Waals surface area (Å²) in [5.74, 6) is -0.279. The van der Waals surface area contributed by atoms with Crippen LogP contribution in [-0.2, 0) is 0 Å². The van der Waals surface area contributed by atoms with Gasteiger partial charge in [0.2, 0.25) is 0 Å². The first kappa shape index (κ1) is 17.5. The number of fused-ring (bicyclic) bond motifs is 1. The molecule has 1 aromatic heterocycles. The summed E-state index contributed by atoms with van der Waals surface area (Å²) in [5, 5.41) is 7.48. The van der Waals surface area contributed by atoms with Crippen molar-refractivity contribution in [2.75, 3.05) is 10.6 Å². The Morgan fingerprint density at radius 2 is 1.61 bits per heavy atom. The molecule has 4 N–H and O–H groups in total. The smallest absolute Gasteiger partial charge is 0.123 e. The SMILES string of the molecule is N/C(=C\Nc1ccc(F)cc1)c1ccc2c(Nc3ccccc3)cccc2n1. The van der Waals surface area contributed by atoms with Crippen molar-refractivity contribution in [1.29, 1.82) is 0 Å². The minimum Gasteiger partial charge on any atom is -0.396 e. The van der Waals surface area contributed by atoms with Gasteiger partial charge >= 0.3 is 0 Å². The molecule has 4 aromatic rings. The number of nitrogens with two attached hydrogens (primary N) is 1. The van der Waals surface area contributed by atoms with Gasteiger partial charge in [-0.25, -0.2) is 9.37 Å². The number of para-hydroxylation sites is 1. The molecule has 4 nitrogen and oxygen atoms in total. The summed E-state index contributed by atoms with van der Waals surface area (Å²) in [6.07, 6.45) is 1.66. The lowest BCUT2D eigenvalue weighted by atomic mass is 10.1. The Kier molecular flexibility index (Phi) is 4.89. The molecule has 28 heavy (non-hydrogen) atoms. The van der Waals surface area contributed by atoms with Crippen molar-refractivity contribution < 1.29 is 4.39 Å². The van der Waals surface area contributed by atoms with Crippen LogP contribution in [0.15, 0.2) is 91.1 Å². The van der Waals surface area contributed by atoms with E-state index in [2.05, 4.69) is 15.6 Å². The van der Waals surface area contributed by atoms with Gasteiger partial charge in [0, 0.05) is 28.6 Å². The normalized spacial score (nSPS) is 11.4. The van der Waals surface area contributed by atoms with E-state index in [1.165, 1.54) is 12.1 Å². The highest BCUT2D eigenvalue weighted by Gasteiger charge is 2.05. The Bertz CT molecular complexity index is 1120. The molecule has 0 aliphatic heterocycles. The zero-order valence-corrected chi connectivity index (χ0v) is 15.1. The van der Waals surface area contributed by atoms with Crippen molar-refractivity contribution >= 4 is 33.7 Å². The van der Waals surface area contributed by atoms with Gasteiger partial charge in [0.15, 0.2) is 0 Å². The Balaban J connectivity index is 1.59. The second kappa shape index (κ2) is 7.80. The largest absolute Gasteiger partial charge is 0.396 e. The average molecular weight is 370 g/mol. The van der Waals surface area contributed by atoms with Gasteiger partial charge in [0.25, 0.3) is 0 Å². The highest BCUT2D eigenvalue weighted by Crippen LogP contribution is 2.26. The third-order valence-electron chi connectivity index (χ3n) is 4.32. The van der Waals surface area contributed by atoms with Gasteiger partial charge in [-0.1, -0.05) is 24.3 Å². The number of pyridine rings is 1. The fraction of sp³-hybridized carbons (Fsp3) is 0. The van der Waals surface area contributed by atoms with Crippen LogP contribution in [0.3, 0.4) is 0 Å². The van der Waals surface area contributed by atoms with E-state index in [0.29, 0.717) is 11.4 Å². The number of rotatable bonds is 5. The highest BCUT2D eigenvalue weighted by molar-refractivity contribution is 5.93. The first-order chi connectivity index (χ1) is 13.7. The third-order valence-corrected chi connectivity index (χ3v) is 4.32. The van der Waals surface area contributed by atoms with Gasteiger partial charge in [0.05, 0.1) is 16.9 Å². The van der Waals surface area contributed by atoms with Gasteiger partial charge in [-0.15, -0.1) is 0 Å². The van der Waals surface area contributed by atoms with Crippen molar-refractivity contribution in [2.45, 2.75) is 0 Å². The van der Waals surface area contributed by atoms with Crippen LogP contribution in [0.1, 0.15) is 5.69 Å². The quantitative estimate of drug-likeness (QED) is 0.435. The monoisotopic (exact) mass is 370 g/mol. The summed E-state index contributed by atoms with van der Waals surface area (Å²) in [6.45, 7) is 0. The molecule has 0 atom stereocenters. The van der Waals surface area contributed by atoms with Crippen LogP contribution in [0.5, 0.6) is 0 Å². The van der Waals surface area contributed by atoms with Crippen LogP contribution in [0.2, 0.25) is 0 Å². The summed E-state index contributed by atoms with van der Waals surface area (Å²) in [5.41, 5.74) is 10.9. The van der Waals surface area contributed by atoms with E-state index in [9.17, 15) is 4.39 Å². The van der Waals surface area contributed by atoms with Crippen LogP contribution < -0.4 is 16.4 Å². The molecule has 0 aliphatic carbocycles. The molecule has 0 saturated carbocycles. The molecular formula is C23H19FN4. The van der Waals surface area contributed by atoms with Crippen molar-refractivity contribution in [3.8, 4) is 0 Å². The molecule has 0 fully saturated rings. The fourth-order valence-electron chi connectivity index (χ4n) is 2.88. The predicted molar refractivity (Wildman–Crippen MR) is 114 cm³/mol. The molecule has 0 aliphatic rings. The zero-order chi connectivity index (χ0) is 19.3. The van der Waals surface area contributed by atoms with Crippen molar-refractivity contribution in [3.05, 3.63) is 103 Å². The Morgan fingerprint density at radius 3 is 2.39 bits per heavy atom. The number of halogens is 1. The first-order valence-corrected chi connectivity index (χ1v) is 8.89. The van der Waals surface area contributed by atoms with Crippen LogP contribution in [0, 0.1) is 5.82 Å². The lowest BCUT2D eigenvalue weighted by molar-refractivity contribution is 0.628. The molecular weight excluding hydrogens is 351 g/mol. The Hall–Kier alpha value is -3.86. The molecule has 0 amide bonds. The van der Waals surface area contributed by atoms with E-state index in [-0.39, 0.29) is 5.82 Å². The molecule has 0 saturated heterocycles. The number of benzene rings is 3. The van der Waals surface area contributed by atoms with Gasteiger partial charge in [-0.3, -0.25) is 0 Å². The first-order valence-electron chi connectivity index (χ1n) is 8.89. The fourth-order valence-corrected chi connectivity index (χ4v) is 2.88. The van der Waals surface area contributed by atoms with Crippen molar-refractivity contribution in [3.63, 3.8) is 0 Å². The highest BCUT2D eigenvalue weighted by atomic mass is 19.1. The maximum atomic E-state index is 13.0. The summed E-state index contributed by atoms with van der Waals surface area (Å²) < 4.78 is 13.0. The molecule has 5 heteroatoms. The van der Waals surface area contributed by atoms with Crippen molar-refractivity contribution in [1.82, 2.24) is 4.98 Å². The minimum atomic E-state index is -0.279. The number of nitrogens with one attached hydrogen (secondary N) is 2. The average Bonchev–Trinajstić information content (AvgIpc) is 2.74. The summed E-state index contributed by atoms with van der Waals surface area (Å²) >= 11 is 0. The van der Waals surface area contributed by atoms with E-state index in [1.807, 2.05) is 60.7 Å². The van der Waals surface area contributed by atoms with Gasteiger partial charge in [-0.2, -0.15) is 0 Å². The molecule has 0 unspecified atom stereocenters. The number of anilines is 3. The second-order valence-electron chi connectivity index (χ2n) is 6.31.